The van der Waals surface area contributed by atoms with Crippen molar-refractivity contribution in [3.8, 4) is 0 Å². The highest BCUT2D eigenvalue weighted by atomic mass is 32.2. The average Bonchev–Trinajstić information content (AvgIpc) is 3.09. The van der Waals surface area contributed by atoms with Gasteiger partial charge in [-0.25, -0.2) is 9.78 Å². The van der Waals surface area contributed by atoms with Gasteiger partial charge in [0.2, 0.25) is 0 Å². The first-order valence-electron chi connectivity index (χ1n) is 8.05. The largest absolute Gasteiger partial charge is 0.548 e. The number of aromatic nitrogens is 2. The van der Waals surface area contributed by atoms with Gasteiger partial charge in [0.05, 0.1) is 23.0 Å². The number of hydrogen-bond donors (Lipinski definition) is 1. The number of aliphatic carboxylic acids is 1. The topological polar surface area (TPSA) is 98.3 Å². The van der Waals surface area contributed by atoms with Crippen LogP contribution in [0.4, 0.5) is 4.79 Å². The molecule has 2 atom stereocenters. The van der Waals surface area contributed by atoms with Gasteiger partial charge in [-0.05, 0) is 39.3 Å². The highest BCUT2D eigenvalue weighted by molar-refractivity contribution is 7.99. The van der Waals surface area contributed by atoms with Crippen LogP contribution in [0.3, 0.4) is 0 Å². The second kappa shape index (κ2) is 6.59. The summed E-state index contributed by atoms with van der Waals surface area (Å²) in [6.07, 6.45) is -0.335. The van der Waals surface area contributed by atoms with E-state index in [0.717, 1.165) is 11.0 Å². The minimum Gasteiger partial charge on any atom is -0.548 e. The number of thioether (sulfide) groups is 1. The summed E-state index contributed by atoms with van der Waals surface area (Å²) in [4.78, 5) is 32.6. The zero-order valence-electron chi connectivity index (χ0n) is 14.3. The molecule has 0 bridgehead atoms. The van der Waals surface area contributed by atoms with Crippen molar-refractivity contribution in [2.24, 2.45) is 0 Å². The van der Waals surface area contributed by atoms with Crippen LogP contribution >= 0.6 is 11.8 Å². The maximum absolute atomic E-state index is 12.3. The molecule has 25 heavy (non-hydrogen) atoms. The van der Waals surface area contributed by atoms with E-state index in [1.54, 1.807) is 20.8 Å². The molecule has 1 aromatic carbocycles. The van der Waals surface area contributed by atoms with E-state index in [0.29, 0.717) is 11.6 Å². The lowest BCUT2D eigenvalue weighted by Crippen LogP contribution is -2.48. The fraction of sp³-hybridized carbons (Fsp3) is 0.471. The molecule has 2 aromatic rings. The number of aromatic amines is 1. The summed E-state index contributed by atoms with van der Waals surface area (Å²) >= 11 is 1.43. The van der Waals surface area contributed by atoms with Crippen LogP contribution in [-0.4, -0.2) is 50.4 Å². The van der Waals surface area contributed by atoms with Gasteiger partial charge in [0.25, 0.3) is 0 Å². The van der Waals surface area contributed by atoms with Gasteiger partial charge in [0.15, 0.2) is 5.16 Å². The normalized spacial score (nSPS) is 20.8. The standard InChI is InChI=1S/C17H21N3O4S/c1-17(2,3)24-16(23)20-9-10(8-13(20)14(21)22)25-15-18-11-6-4-5-7-12(11)19-15/h4-7,10,13H,8-9H2,1-3H3,(H,18,19)(H,21,22)/p-1/t10-,13-/m0/s1. The minimum atomic E-state index is -1.27. The van der Waals surface area contributed by atoms with Crippen molar-refractivity contribution in [3.05, 3.63) is 24.3 Å². The monoisotopic (exact) mass is 362 g/mol. The lowest BCUT2D eigenvalue weighted by molar-refractivity contribution is -0.310. The van der Waals surface area contributed by atoms with E-state index in [2.05, 4.69) is 9.97 Å². The van der Waals surface area contributed by atoms with Gasteiger partial charge in [-0.2, -0.15) is 0 Å². The van der Waals surface area contributed by atoms with Gasteiger partial charge in [0.1, 0.15) is 5.60 Å². The molecule has 2 heterocycles. The van der Waals surface area contributed by atoms with E-state index < -0.39 is 23.7 Å². The Hall–Kier alpha value is -2.22. The molecule has 1 aromatic heterocycles. The average molecular weight is 362 g/mol. The summed E-state index contributed by atoms with van der Waals surface area (Å²) in [6, 6.07) is 6.67. The molecule has 0 unspecified atom stereocenters. The molecule has 1 saturated heterocycles. The van der Waals surface area contributed by atoms with Crippen LogP contribution < -0.4 is 5.11 Å². The molecule has 1 amide bonds. The summed E-state index contributed by atoms with van der Waals surface area (Å²) in [5.41, 5.74) is 1.09. The Kier molecular flexibility index (Phi) is 4.64. The number of amides is 1. The lowest BCUT2D eigenvalue weighted by atomic mass is 10.2. The number of carboxylic acid groups (broad SMARTS) is 1. The van der Waals surface area contributed by atoms with Crippen LogP contribution in [0, 0.1) is 0 Å². The Labute approximate surface area is 149 Å². The molecular formula is C17H20N3O4S-. The Morgan fingerprint density at radius 1 is 1.36 bits per heavy atom. The number of ether oxygens (including phenoxy) is 1. The summed E-state index contributed by atoms with van der Waals surface area (Å²) in [6.45, 7) is 5.51. The van der Waals surface area contributed by atoms with Crippen LogP contribution in [0.1, 0.15) is 27.2 Å². The number of imidazole rings is 1. The number of carbonyl (C=O) groups excluding carboxylic acids is 2. The number of nitrogens with one attached hydrogen (secondary N) is 1. The number of likely N-dealkylation sites (tertiary alicyclic amines) is 1. The van der Waals surface area contributed by atoms with Crippen molar-refractivity contribution in [2.45, 2.75) is 49.2 Å². The molecule has 1 aliphatic rings. The van der Waals surface area contributed by atoms with Gasteiger partial charge in [-0.3, -0.25) is 4.90 Å². The van der Waals surface area contributed by atoms with E-state index in [4.69, 9.17) is 4.74 Å². The highest BCUT2D eigenvalue weighted by Crippen LogP contribution is 2.33. The van der Waals surface area contributed by atoms with Crippen LogP contribution in [0.2, 0.25) is 0 Å². The minimum absolute atomic E-state index is 0.101. The number of carbonyl (C=O) groups is 2. The number of fused-ring (bicyclic) bond motifs is 1. The maximum atomic E-state index is 12.3. The maximum Gasteiger partial charge on any atom is 0.410 e. The second-order valence-electron chi connectivity index (χ2n) is 7.00. The van der Waals surface area contributed by atoms with Gasteiger partial charge < -0.3 is 19.6 Å². The first kappa shape index (κ1) is 17.6. The molecule has 1 N–H and O–H groups in total. The number of nitrogens with zero attached hydrogens (tertiary/aromatic N) is 2. The summed E-state index contributed by atoms with van der Waals surface area (Å²) in [5, 5.41) is 12.0. The van der Waals surface area contributed by atoms with Crippen LogP contribution in [0.15, 0.2) is 29.4 Å². The van der Waals surface area contributed by atoms with E-state index in [9.17, 15) is 14.7 Å². The third-order valence-electron chi connectivity index (χ3n) is 3.81. The van der Waals surface area contributed by atoms with Gasteiger partial charge in [-0.1, -0.05) is 23.9 Å². The molecule has 1 aliphatic heterocycles. The summed E-state index contributed by atoms with van der Waals surface area (Å²) < 4.78 is 5.31. The Morgan fingerprint density at radius 2 is 2.08 bits per heavy atom. The number of benzene rings is 1. The van der Waals surface area contributed by atoms with Crippen molar-refractivity contribution < 1.29 is 19.4 Å². The molecule has 8 heteroatoms. The third kappa shape index (κ3) is 4.07. The Morgan fingerprint density at radius 3 is 2.72 bits per heavy atom. The van der Waals surface area contributed by atoms with E-state index in [-0.39, 0.29) is 11.8 Å². The second-order valence-corrected chi connectivity index (χ2v) is 8.29. The molecule has 3 rings (SSSR count). The zero-order valence-corrected chi connectivity index (χ0v) is 15.1. The SMILES string of the molecule is CC(C)(C)OC(=O)N1C[C@@H](Sc2nc3ccccc3[nH]2)C[C@H]1C(=O)[O-]. The van der Waals surface area contributed by atoms with Crippen molar-refractivity contribution in [3.63, 3.8) is 0 Å². The highest BCUT2D eigenvalue weighted by Gasteiger charge is 2.39. The predicted octanol–water partition coefficient (Wildman–Crippen LogP) is 1.78. The van der Waals surface area contributed by atoms with Crippen LogP contribution in [0.5, 0.6) is 0 Å². The first-order chi connectivity index (χ1) is 11.7. The quantitative estimate of drug-likeness (QED) is 0.894. The number of para-hydroxylation sites is 2. The fourth-order valence-electron chi connectivity index (χ4n) is 2.77. The smallest absolute Gasteiger partial charge is 0.410 e. The first-order valence-corrected chi connectivity index (χ1v) is 8.93. The molecule has 7 nitrogen and oxygen atoms in total. The fourth-order valence-corrected chi connectivity index (χ4v) is 3.92. The third-order valence-corrected chi connectivity index (χ3v) is 4.90. The molecule has 134 valence electrons. The molecule has 0 saturated carbocycles. The molecule has 1 fully saturated rings. The molecule has 0 aliphatic carbocycles. The van der Waals surface area contributed by atoms with Gasteiger partial charge in [-0.15, -0.1) is 0 Å². The lowest BCUT2D eigenvalue weighted by Gasteiger charge is -2.28. The molecule has 0 radical (unpaired) electrons. The molecular weight excluding hydrogens is 342 g/mol. The van der Waals surface area contributed by atoms with E-state index >= 15 is 0 Å². The van der Waals surface area contributed by atoms with Crippen molar-refractivity contribution in [1.29, 1.82) is 0 Å². The van der Waals surface area contributed by atoms with Crippen molar-refractivity contribution in [2.75, 3.05) is 6.54 Å². The number of rotatable bonds is 3. The Balaban J connectivity index is 1.73. The van der Waals surface area contributed by atoms with Gasteiger partial charge >= 0.3 is 6.09 Å². The van der Waals surface area contributed by atoms with Gasteiger partial charge in [0, 0.05) is 11.8 Å². The van der Waals surface area contributed by atoms with E-state index in [1.807, 2.05) is 24.3 Å². The summed E-state index contributed by atoms with van der Waals surface area (Å²) in [5.74, 6) is -1.27. The van der Waals surface area contributed by atoms with Crippen molar-refractivity contribution in [1.82, 2.24) is 14.9 Å². The van der Waals surface area contributed by atoms with Crippen molar-refractivity contribution >= 4 is 34.9 Å². The predicted molar refractivity (Wildman–Crippen MR) is 92.1 cm³/mol. The summed E-state index contributed by atoms with van der Waals surface area (Å²) in [7, 11) is 0. The Bertz CT molecular complexity index is 766. The molecule has 0 spiro atoms. The number of H-pyrrole nitrogens is 1. The number of hydrogen-bond acceptors (Lipinski definition) is 6. The van der Waals surface area contributed by atoms with Crippen LogP contribution in [-0.2, 0) is 9.53 Å². The van der Waals surface area contributed by atoms with Crippen LogP contribution in [0.25, 0.3) is 11.0 Å². The number of carboxylic acids is 1. The zero-order chi connectivity index (χ0) is 18.2. The van der Waals surface area contributed by atoms with E-state index in [1.165, 1.54) is 16.7 Å².